The van der Waals surface area contributed by atoms with Gasteiger partial charge in [-0.05, 0) is 62.1 Å². The van der Waals surface area contributed by atoms with Crippen molar-refractivity contribution in [3.8, 4) is 0 Å². The number of anilines is 1. The molecule has 2 saturated carbocycles. The predicted molar refractivity (Wildman–Crippen MR) is 124 cm³/mol. The molecule has 1 saturated heterocycles. The first kappa shape index (κ1) is 20.7. The van der Waals surface area contributed by atoms with Gasteiger partial charge in [-0.1, -0.05) is 43.5 Å². The van der Waals surface area contributed by atoms with Crippen LogP contribution in [0.2, 0.25) is 5.02 Å². The molecule has 1 aliphatic heterocycles. The number of piperidine rings is 1. The van der Waals surface area contributed by atoms with Crippen LogP contribution < -0.4 is 5.32 Å². The number of hydrogen-bond donors (Lipinski definition) is 1. The summed E-state index contributed by atoms with van der Waals surface area (Å²) in [5, 5.41) is 4.17. The lowest BCUT2D eigenvalue weighted by molar-refractivity contribution is 0.0679. The van der Waals surface area contributed by atoms with Gasteiger partial charge in [-0.15, -0.1) is 0 Å². The van der Waals surface area contributed by atoms with E-state index in [4.69, 9.17) is 16.6 Å². The van der Waals surface area contributed by atoms with Gasteiger partial charge in [0.05, 0.1) is 11.3 Å². The lowest BCUT2D eigenvalue weighted by Crippen LogP contribution is -2.41. The number of halogens is 1. The number of carbonyl (C=O) groups excluding carboxylic acids is 1. The Balaban J connectivity index is 1.59. The molecule has 2 heterocycles. The number of amides is 1. The van der Waals surface area contributed by atoms with E-state index < -0.39 is 0 Å². The van der Waals surface area contributed by atoms with Crippen LogP contribution >= 0.6 is 11.6 Å². The summed E-state index contributed by atoms with van der Waals surface area (Å²) in [7, 11) is 0. The van der Waals surface area contributed by atoms with Crippen molar-refractivity contribution in [2.45, 2.75) is 69.7 Å². The number of nitrogens with zero attached hydrogens (tertiary/aromatic N) is 3. The van der Waals surface area contributed by atoms with Crippen molar-refractivity contribution in [2.75, 3.05) is 18.4 Å². The zero-order valence-corrected chi connectivity index (χ0v) is 19.0. The van der Waals surface area contributed by atoms with Crippen LogP contribution in [0.4, 0.5) is 5.95 Å². The molecule has 1 aromatic heterocycles. The van der Waals surface area contributed by atoms with Crippen LogP contribution in [0.1, 0.15) is 79.9 Å². The maximum Gasteiger partial charge on any atom is 0.257 e. The highest BCUT2D eigenvalue weighted by molar-refractivity contribution is 6.30. The maximum absolute atomic E-state index is 13.7. The van der Waals surface area contributed by atoms with E-state index in [1.54, 1.807) is 6.20 Å². The summed E-state index contributed by atoms with van der Waals surface area (Å²) in [6.45, 7) is 3.86. The lowest BCUT2D eigenvalue weighted by Gasteiger charge is -2.34. The van der Waals surface area contributed by atoms with Crippen LogP contribution in [0.15, 0.2) is 30.5 Å². The largest absolute Gasteiger partial charge is 0.351 e. The van der Waals surface area contributed by atoms with Crippen molar-refractivity contribution < 1.29 is 4.79 Å². The van der Waals surface area contributed by atoms with Crippen LogP contribution in [-0.4, -0.2) is 39.9 Å². The predicted octanol–water partition coefficient (Wildman–Crippen LogP) is 5.44. The van der Waals surface area contributed by atoms with Crippen molar-refractivity contribution in [3.05, 3.63) is 52.3 Å². The summed E-state index contributed by atoms with van der Waals surface area (Å²) in [6, 6.07) is 8.60. The Hall–Kier alpha value is -2.14. The van der Waals surface area contributed by atoms with E-state index >= 15 is 0 Å². The Morgan fingerprint density at radius 2 is 1.87 bits per heavy atom. The van der Waals surface area contributed by atoms with E-state index in [0.29, 0.717) is 23.5 Å². The first-order valence-corrected chi connectivity index (χ1v) is 12.1. The van der Waals surface area contributed by atoms with Gasteiger partial charge >= 0.3 is 0 Å². The van der Waals surface area contributed by atoms with Gasteiger partial charge in [0, 0.05) is 35.8 Å². The van der Waals surface area contributed by atoms with E-state index in [-0.39, 0.29) is 11.3 Å². The molecule has 1 unspecified atom stereocenters. The summed E-state index contributed by atoms with van der Waals surface area (Å²) in [4.78, 5) is 25.3. The van der Waals surface area contributed by atoms with Gasteiger partial charge < -0.3 is 10.2 Å². The number of hydrogen-bond acceptors (Lipinski definition) is 4. The molecule has 5 rings (SSSR count). The average Bonchev–Trinajstić information content (AvgIpc) is 3.45. The van der Waals surface area contributed by atoms with Crippen molar-refractivity contribution in [1.29, 1.82) is 0 Å². The Morgan fingerprint density at radius 1 is 1.13 bits per heavy atom. The molecule has 5 nitrogen and oxygen atoms in total. The normalized spacial score (nSPS) is 23.0. The SMILES string of the molecule is CC1CCCN(C(=O)c2cnc(NC3CC3)nc2C2(c3ccc(Cl)cc3)CCCC2)C1. The number of carbonyl (C=O) groups is 1. The molecule has 2 aliphatic carbocycles. The van der Waals surface area contributed by atoms with Crippen LogP contribution in [0, 0.1) is 5.92 Å². The smallest absolute Gasteiger partial charge is 0.257 e. The van der Waals surface area contributed by atoms with Gasteiger partial charge in [-0.3, -0.25) is 4.79 Å². The van der Waals surface area contributed by atoms with Crippen LogP contribution in [0.25, 0.3) is 0 Å². The molecule has 3 aliphatic rings. The summed E-state index contributed by atoms with van der Waals surface area (Å²) in [5.74, 6) is 1.27. The molecular formula is C25H31ClN4O. The molecule has 1 N–H and O–H groups in total. The minimum atomic E-state index is -0.264. The highest BCUT2D eigenvalue weighted by Crippen LogP contribution is 2.47. The molecule has 31 heavy (non-hydrogen) atoms. The summed E-state index contributed by atoms with van der Waals surface area (Å²) < 4.78 is 0. The van der Waals surface area contributed by atoms with Gasteiger partial charge in [0.25, 0.3) is 5.91 Å². The minimum Gasteiger partial charge on any atom is -0.351 e. The Morgan fingerprint density at radius 3 is 2.55 bits per heavy atom. The molecule has 0 bridgehead atoms. The standard InChI is InChI=1S/C25H31ClN4O/c1-17-5-4-14-30(16-17)23(31)21-15-27-24(28-20-10-11-20)29-22(21)25(12-2-3-13-25)18-6-8-19(26)9-7-18/h6-9,15,17,20H,2-5,10-14,16H2,1H3,(H,27,28,29). The fraction of sp³-hybridized carbons (Fsp3) is 0.560. The highest BCUT2D eigenvalue weighted by Gasteiger charge is 2.42. The van der Waals surface area contributed by atoms with Crippen molar-refractivity contribution in [1.82, 2.24) is 14.9 Å². The third kappa shape index (κ3) is 4.17. The van der Waals surface area contributed by atoms with Crippen molar-refractivity contribution in [3.63, 3.8) is 0 Å². The molecule has 164 valence electrons. The van der Waals surface area contributed by atoms with Gasteiger partial charge in [0.2, 0.25) is 5.95 Å². The number of rotatable bonds is 5. The van der Waals surface area contributed by atoms with Gasteiger partial charge in [0.1, 0.15) is 0 Å². The first-order chi connectivity index (χ1) is 15.0. The van der Waals surface area contributed by atoms with E-state index in [0.717, 1.165) is 68.8 Å². The second-order valence-electron chi connectivity index (χ2n) is 9.67. The Labute approximate surface area is 189 Å². The fourth-order valence-electron chi connectivity index (χ4n) is 5.34. The molecule has 1 amide bonds. The highest BCUT2D eigenvalue weighted by atomic mass is 35.5. The summed E-state index contributed by atoms with van der Waals surface area (Å²) in [6.07, 6.45) is 10.6. The minimum absolute atomic E-state index is 0.0831. The van der Waals surface area contributed by atoms with E-state index in [1.807, 2.05) is 17.0 Å². The van der Waals surface area contributed by atoms with Crippen LogP contribution in [0.3, 0.4) is 0 Å². The maximum atomic E-state index is 13.7. The quantitative estimate of drug-likeness (QED) is 0.675. The van der Waals surface area contributed by atoms with Crippen LogP contribution in [0.5, 0.6) is 0 Å². The second-order valence-corrected chi connectivity index (χ2v) is 10.1. The van der Waals surface area contributed by atoms with Gasteiger partial charge in [-0.2, -0.15) is 0 Å². The molecule has 2 aromatic rings. The van der Waals surface area contributed by atoms with Crippen molar-refractivity contribution >= 4 is 23.5 Å². The number of likely N-dealkylation sites (tertiary alicyclic amines) is 1. The summed E-state index contributed by atoms with van der Waals surface area (Å²) in [5.41, 5.74) is 2.51. The topological polar surface area (TPSA) is 58.1 Å². The fourth-order valence-corrected chi connectivity index (χ4v) is 5.46. The van der Waals surface area contributed by atoms with Gasteiger partial charge in [-0.25, -0.2) is 9.97 Å². The lowest BCUT2D eigenvalue weighted by atomic mass is 9.74. The zero-order chi connectivity index (χ0) is 21.4. The second kappa shape index (κ2) is 8.42. The molecule has 1 aromatic carbocycles. The average molecular weight is 439 g/mol. The number of nitrogens with one attached hydrogen (secondary N) is 1. The Bertz CT molecular complexity index is 950. The monoisotopic (exact) mass is 438 g/mol. The third-order valence-electron chi connectivity index (χ3n) is 7.18. The third-order valence-corrected chi connectivity index (χ3v) is 7.43. The zero-order valence-electron chi connectivity index (χ0n) is 18.2. The van der Waals surface area contributed by atoms with Gasteiger partial charge in [0.15, 0.2) is 0 Å². The molecule has 3 fully saturated rings. The molecule has 6 heteroatoms. The van der Waals surface area contributed by atoms with Crippen LogP contribution in [-0.2, 0) is 5.41 Å². The van der Waals surface area contributed by atoms with Crippen molar-refractivity contribution in [2.24, 2.45) is 5.92 Å². The number of benzene rings is 1. The van der Waals surface area contributed by atoms with E-state index in [2.05, 4.69) is 29.4 Å². The number of aromatic nitrogens is 2. The Kier molecular flexibility index (Phi) is 5.63. The molecule has 0 radical (unpaired) electrons. The van der Waals surface area contributed by atoms with E-state index in [9.17, 15) is 4.79 Å². The first-order valence-electron chi connectivity index (χ1n) is 11.7. The van der Waals surface area contributed by atoms with E-state index in [1.165, 1.54) is 12.0 Å². The molecular weight excluding hydrogens is 408 g/mol. The molecule has 0 spiro atoms. The summed E-state index contributed by atoms with van der Waals surface area (Å²) >= 11 is 6.20. The molecule has 1 atom stereocenters.